The number of ketones is 1. The van der Waals surface area contributed by atoms with Gasteiger partial charge in [-0.15, -0.1) is 0 Å². The third kappa shape index (κ3) is 4.32. The zero-order chi connectivity index (χ0) is 27.0. The summed E-state index contributed by atoms with van der Waals surface area (Å²) in [6, 6.07) is 8.19. The molecule has 200 valence electrons. The molecule has 2 aliphatic carbocycles. The molecule has 1 spiro atoms. The Hall–Kier alpha value is -3.14. The number of carbonyl (C=O) groups is 2. The van der Waals surface area contributed by atoms with E-state index in [0.29, 0.717) is 5.92 Å². The van der Waals surface area contributed by atoms with Gasteiger partial charge in [-0.05, 0) is 69.1 Å². The van der Waals surface area contributed by atoms with Crippen molar-refractivity contribution in [2.75, 3.05) is 0 Å². The highest BCUT2D eigenvalue weighted by Gasteiger charge is 2.66. The first-order chi connectivity index (χ1) is 18.3. The van der Waals surface area contributed by atoms with E-state index in [9.17, 15) is 9.59 Å². The largest absolute Gasteiger partial charge is 0.361 e. The Balaban J connectivity index is 1.64. The first-order valence-corrected chi connectivity index (χ1v) is 14.4. The lowest BCUT2D eigenvalue weighted by atomic mass is 9.53. The average Bonchev–Trinajstić information content (AvgIpc) is 3.46. The van der Waals surface area contributed by atoms with Crippen LogP contribution in [0, 0.1) is 29.1 Å². The van der Waals surface area contributed by atoms with Crippen LogP contribution in [0.25, 0.3) is 10.9 Å². The number of carbonyl (C=O) groups excluding carboxylic acids is 2. The van der Waals surface area contributed by atoms with E-state index < -0.39 is 5.41 Å². The van der Waals surface area contributed by atoms with Gasteiger partial charge < -0.3 is 10.3 Å². The number of benzene rings is 1. The second-order valence-corrected chi connectivity index (χ2v) is 11.9. The van der Waals surface area contributed by atoms with Gasteiger partial charge in [0.05, 0.1) is 0 Å². The maximum atomic E-state index is 14.3. The van der Waals surface area contributed by atoms with Crippen molar-refractivity contribution in [3.05, 3.63) is 83.6 Å². The minimum atomic E-state index is -1.13. The van der Waals surface area contributed by atoms with Crippen LogP contribution in [0.15, 0.2) is 78.1 Å². The standard InChI is InChI=1S/C34H42N2O2/c1-6-26-23(4)19-25-14-11-13-22(3)18-21(2)12-7-10-17-30(37)34(25)31(26)32(36-33(34)38)24(5)28-20-35-29-16-9-8-15-27(28)29/h8-11,14-20,22,24-26,31-32,35H,6-7,12-13H2,1-5H3,(H,36,38)/b14-11+,17-10+,21-18+/t22-,24+,25-,26+,31-,32-,34+/m0/s1. The molecule has 0 unspecified atom stereocenters. The number of amides is 1. The van der Waals surface area contributed by atoms with Gasteiger partial charge in [-0.25, -0.2) is 0 Å². The van der Waals surface area contributed by atoms with Crippen LogP contribution in [-0.2, 0) is 9.59 Å². The van der Waals surface area contributed by atoms with Crippen molar-refractivity contribution < 1.29 is 9.59 Å². The fourth-order valence-corrected chi connectivity index (χ4v) is 7.60. The molecule has 2 aromatic rings. The number of para-hydroxylation sites is 1. The van der Waals surface area contributed by atoms with Gasteiger partial charge in [-0.1, -0.05) is 80.5 Å². The Morgan fingerprint density at radius 1 is 1.11 bits per heavy atom. The molecule has 2 N–H and O–H groups in total. The second kappa shape index (κ2) is 10.6. The number of fused-ring (bicyclic) bond motifs is 1. The molecule has 1 aromatic heterocycles. The third-order valence-electron chi connectivity index (χ3n) is 9.47. The fourth-order valence-electron chi connectivity index (χ4n) is 7.60. The normalized spacial score (nSPS) is 35.9. The Bertz CT molecular complexity index is 1340. The Labute approximate surface area is 227 Å². The highest BCUT2D eigenvalue weighted by atomic mass is 16.2. The van der Waals surface area contributed by atoms with Crippen LogP contribution in [0.2, 0.25) is 0 Å². The van der Waals surface area contributed by atoms with Gasteiger partial charge in [-0.2, -0.15) is 0 Å². The summed E-state index contributed by atoms with van der Waals surface area (Å²) < 4.78 is 0. The van der Waals surface area contributed by atoms with Crippen LogP contribution in [0.4, 0.5) is 0 Å². The lowest BCUT2D eigenvalue weighted by molar-refractivity contribution is -0.142. The van der Waals surface area contributed by atoms with Crippen molar-refractivity contribution in [3.63, 3.8) is 0 Å². The summed E-state index contributed by atoms with van der Waals surface area (Å²) in [5, 5.41) is 4.59. The van der Waals surface area contributed by atoms with E-state index in [0.717, 1.165) is 31.2 Å². The van der Waals surface area contributed by atoms with Crippen LogP contribution >= 0.6 is 0 Å². The zero-order valence-electron chi connectivity index (χ0n) is 23.5. The van der Waals surface area contributed by atoms with Crippen molar-refractivity contribution in [2.24, 2.45) is 29.1 Å². The Morgan fingerprint density at radius 2 is 1.89 bits per heavy atom. The summed E-state index contributed by atoms with van der Waals surface area (Å²) in [5.74, 6) is 0.0998. The molecule has 1 amide bonds. The number of allylic oxidation sites excluding steroid dienone is 8. The van der Waals surface area contributed by atoms with Crippen molar-refractivity contribution in [2.45, 2.75) is 72.3 Å². The second-order valence-electron chi connectivity index (χ2n) is 11.9. The lowest BCUT2D eigenvalue weighted by Crippen LogP contribution is -2.52. The molecule has 5 rings (SSSR count). The summed E-state index contributed by atoms with van der Waals surface area (Å²) in [5.41, 5.74) is 3.81. The van der Waals surface area contributed by atoms with Crippen molar-refractivity contribution >= 4 is 22.6 Å². The van der Waals surface area contributed by atoms with E-state index in [-0.39, 0.29) is 41.4 Å². The zero-order valence-corrected chi connectivity index (χ0v) is 23.5. The van der Waals surface area contributed by atoms with E-state index in [1.165, 1.54) is 22.1 Å². The first-order valence-electron chi connectivity index (χ1n) is 14.4. The molecule has 1 aliphatic heterocycles. The number of nitrogens with one attached hydrogen (secondary N) is 2. The molecule has 7 atom stereocenters. The third-order valence-corrected chi connectivity index (χ3v) is 9.47. The summed E-state index contributed by atoms with van der Waals surface area (Å²) in [4.78, 5) is 32.0. The van der Waals surface area contributed by atoms with Crippen LogP contribution < -0.4 is 5.32 Å². The SMILES string of the molecule is CC[C@@H]1C(C)=C[C@@H]2/C=C/C[C@H](C)/C=C(\C)CC/C=C/C(=O)[C@]23C(=O)N[C@@H]([C@H](C)c2c[nH]c4ccccc24)[C@H]13. The van der Waals surface area contributed by atoms with E-state index in [1.807, 2.05) is 12.1 Å². The van der Waals surface area contributed by atoms with Crippen molar-refractivity contribution in [1.82, 2.24) is 10.3 Å². The molecule has 38 heavy (non-hydrogen) atoms. The summed E-state index contributed by atoms with van der Waals surface area (Å²) in [6.07, 6.45) is 18.3. The molecule has 1 aromatic carbocycles. The van der Waals surface area contributed by atoms with Crippen LogP contribution in [0.3, 0.4) is 0 Å². The Morgan fingerprint density at radius 3 is 2.68 bits per heavy atom. The molecule has 1 fully saturated rings. The quantitative estimate of drug-likeness (QED) is 0.333. The van der Waals surface area contributed by atoms with E-state index >= 15 is 0 Å². The molecule has 1 saturated heterocycles. The van der Waals surface area contributed by atoms with E-state index in [4.69, 9.17) is 0 Å². The number of aromatic nitrogens is 1. The minimum Gasteiger partial charge on any atom is -0.361 e. The van der Waals surface area contributed by atoms with Gasteiger partial charge >= 0.3 is 0 Å². The fraction of sp³-hybridized carbons (Fsp3) is 0.471. The predicted molar refractivity (Wildman–Crippen MR) is 156 cm³/mol. The summed E-state index contributed by atoms with van der Waals surface area (Å²) >= 11 is 0. The van der Waals surface area contributed by atoms with Gasteiger partial charge in [-0.3, -0.25) is 9.59 Å². The van der Waals surface area contributed by atoms with Gasteiger partial charge in [0.15, 0.2) is 5.78 Å². The highest BCUT2D eigenvalue weighted by Crippen LogP contribution is 2.57. The number of H-pyrrole nitrogens is 1. The van der Waals surface area contributed by atoms with Gasteiger partial charge in [0.2, 0.25) is 5.91 Å². The molecular weight excluding hydrogens is 468 g/mol. The first kappa shape index (κ1) is 26.5. The number of rotatable bonds is 3. The van der Waals surface area contributed by atoms with Crippen molar-refractivity contribution in [3.8, 4) is 0 Å². The van der Waals surface area contributed by atoms with Gasteiger partial charge in [0, 0.05) is 40.9 Å². The predicted octanol–water partition coefficient (Wildman–Crippen LogP) is 7.42. The van der Waals surface area contributed by atoms with Crippen LogP contribution in [0.1, 0.15) is 71.8 Å². The molecule has 0 saturated carbocycles. The van der Waals surface area contributed by atoms with Crippen LogP contribution in [-0.4, -0.2) is 22.7 Å². The topological polar surface area (TPSA) is 62.0 Å². The molecule has 4 nitrogen and oxygen atoms in total. The summed E-state index contributed by atoms with van der Waals surface area (Å²) in [6.45, 7) is 11.0. The van der Waals surface area contributed by atoms with Crippen LogP contribution in [0.5, 0.6) is 0 Å². The molecule has 0 radical (unpaired) electrons. The average molecular weight is 511 g/mol. The van der Waals surface area contributed by atoms with Gasteiger partial charge in [0.25, 0.3) is 0 Å². The number of hydrogen-bond acceptors (Lipinski definition) is 2. The highest BCUT2D eigenvalue weighted by molar-refractivity contribution is 6.13. The lowest BCUT2D eigenvalue weighted by Gasteiger charge is -2.46. The maximum absolute atomic E-state index is 14.3. The smallest absolute Gasteiger partial charge is 0.235 e. The number of aromatic amines is 1. The van der Waals surface area contributed by atoms with E-state index in [2.05, 4.69) is 93.6 Å². The molecule has 0 bridgehead atoms. The molecule has 2 heterocycles. The van der Waals surface area contributed by atoms with E-state index in [1.54, 1.807) is 6.08 Å². The molecule has 4 heteroatoms. The van der Waals surface area contributed by atoms with Crippen molar-refractivity contribution in [1.29, 1.82) is 0 Å². The minimum absolute atomic E-state index is 0.0422. The van der Waals surface area contributed by atoms with Gasteiger partial charge in [0.1, 0.15) is 5.41 Å². The Kier molecular flexibility index (Phi) is 7.35. The summed E-state index contributed by atoms with van der Waals surface area (Å²) in [7, 11) is 0. The number of hydrogen-bond donors (Lipinski definition) is 2. The maximum Gasteiger partial charge on any atom is 0.235 e. The monoisotopic (exact) mass is 510 g/mol. The molecule has 3 aliphatic rings. The molecular formula is C34H42N2O2.